The Morgan fingerprint density at radius 3 is 2.50 bits per heavy atom. The highest BCUT2D eigenvalue weighted by atomic mass is 32.2. The zero-order valence-electron chi connectivity index (χ0n) is 17.8. The fourth-order valence-corrected chi connectivity index (χ4v) is 4.76. The number of amides is 1. The van der Waals surface area contributed by atoms with Gasteiger partial charge in [-0.05, 0) is 63.5 Å². The fourth-order valence-electron chi connectivity index (χ4n) is 2.96. The van der Waals surface area contributed by atoms with Crippen molar-refractivity contribution in [3.05, 3.63) is 42.5 Å². The zero-order chi connectivity index (χ0) is 21.5. The molecule has 3 aromatic rings. The van der Waals surface area contributed by atoms with Gasteiger partial charge in [0.25, 0.3) is 0 Å². The predicted octanol–water partition coefficient (Wildman–Crippen LogP) is 4.39. The number of thioether (sulfide) groups is 1. The third kappa shape index (κ3) is 5.65. The lowest BCUT2D eigenvalue weighted by atomic mass is 10.3. The number of hydrogen-bond donors (Lipinski definition) is 0. The van der Waals surface area contributed by atoms with Gasteiger partial charge in [-0.15, -0.1) is 11.8 Å². The van der Waals surface area contributed by atoms with Crippen molar-refractivity contribution in [2.45, 2.75) is 11.3 Å². The van der Waals surface area contributed by atoms with Gasteiger partial charge in [-0.1, -0.05) is 17.4 Å². The number of methoxy groups -OCH3 is 2. The van der Waals surface area contributed by atoms with E-state index in [4.69, 9.17) is 14.5 Å². The molecule has 0 atom stereocenters. The molecule has 6 nitrogen and oxygen atoms in total. The van der Waals surface area contributed by atoms with Crippen LogP contribution in [0.3, 0.4) is 0 Å². The number of anilines is 1. The van der Waals surface area contributed by atoms with Crippen LogP contribution in [0, 0.1) is 0 Å². The Bertz CT molecular complexity index is 973. The van der Waals surface area contributed by atoms with E-state index in [2.05, 4.69) is 4.90 Å². The maximum atomic E-state index is 13.1. The standard InChI is InChI=1S/C22H27N3O3S2/c1-24(2)13-6-14-25(20(26)15-29-17-11-9-16(27-3)10-12-17)22-23-21-18(28-4)7-5-8-19(21)30-22/h5,7-12H,6,13-15H2,1-4H3. The number of carbonyl (C=O) groups is 1. The monoisotopic (exact) mass is 445 g/mol. The molecule has 0 bridgehead atoms. The first-order valence-electron chi connectivity index (χ1n) is 9.67. The van der Waals surface area contributed by atoms with Crippen LogP contribution >= 0.6 is 23.1 Å². The second-order valence-electron chi connectivity index (χ2n) is 6.97. The Kier molecular flexibility index (Phi) is 7.95. The molecule has 0 saturated carbocycles. The van der Waals surface area contributed by atoms with Gasteiger partial charge in [-0.2, -0.15) is 0 Å². The lowest BCUT2D eigenvalue weighted by molar-refractivity contribution is -0.116. The van der Waals surface area contributed by atoms with E-state index >= 15 is 0 Å². The topological polar surface area (TPSA) is 54.9 Å². The van der Waals surface area contributed by atoms with Crippen LogP contribution in [0.5, 0.6) is 11.5 Å². The van der Waals surface area contributed by atoms with Crippen LogP contribution in [0.1, 0.15) is 6.42 Å². The van der Waals surface area contributed by atoms with Gasteiger partial charge in [0.05, 0.1) is 24.7 Å². The van der Waals surface area contributed by atoms with E-state index in [0.717, 1.165) is 39.6 Å². The number of nitrogens with zero attached hydrogens (tertiary/aromatic N) is 3. The number of rotatable bonds is 10. The average Bonchev–Trinajstić information content (AvgIpc) is 3.19. The van der Waals surface area contributed by atoms with Crippen LogP contribution in [0.15, 0.2) is 47.4 Å². The van der Waals surface area contributed by atoms with Crippen LogP contribution in [0.2, 0.25) is 0 Å². The van der Waals surface area contributed by atoms with Crippen molar-refractivity contribution in [2.24, 2.45) is 0 Å². The molecule has 0 N–H and O–H groups in total. The molecule has 0 saturated heterocycles. The average molecular weight is 446 g/mol. The van der Waals surface area contributed by atoms with Gasteiger partial charge in [0.15, 0.2) is 5.13 Å². The van der Waals surface area contributed by atoms with E-state index in [1.807, 2.05) is 61.5 Å². The van der Waals surface area contributed by atoms with Crippen molar-refractivity contribution < 1.29 is 14.3 Å². The van der Waals surface area contributed by atoms with Gasteiger partial charge in [-0.3, -0.25) is 9.69 Å². The zero-order valence-corrected chi connectivity index (χ0v) is 19.4. The Balaban J connectivity index is 1.77. The molecule has 1 amide bonds. The summed E-state index contributed by atoms with van der Waals surface area (Å²) in [6, 6.07) is 13.6. The summed E-state index contributed by atoms with van der Waals surface area (Å²) in [4.78, 5) is 22.9. The summed E-state index contributed by atoms with van der Waals surface area (Å²) in [6.07, 6.45) is 0.874. The molecule has 30 heavy (non-hydrogen) atoms. The number of carbonyl (C=O) groups excluding carboxylic acids is 1. The third-order valence-corrected chi connectivity index (χ3v) is 6.57. The molecule has 2 aromatic carbocycles. The lowest BCUT2D eigenvalue weighted by Crippen LogP contribution is -2.34. The van der Waals surface area contributed by atoms with E-state index in [1.54, 1.807) is 14.2 Å². The molecule has 160 valence electrons. The van der Waals surface area contributed by atoms with Gasteiger partial charge in [0, 0.05) is 11.4 Å². The van der Waals surface area contributed by atoms with Crippen molar-refractivity contribution in [3.8, 4) is 11.5 Å². The summed E-state index contributed by atoms with van der Waals surface area (Å²) in [7, 11) is 7.35. The number of hydrogen-bond acceptors (Lipinski definition) is 7. The summed E-state index contributed by atoms with van der Waals surface area (Å²) in [5.74, 6) is 1.93. The normalized spacial score (nSPS) is 11.1. The van der Waals surface area contributed by atoms with Gasteiger partial charge >= 0.3 is 0 Å². The number of benzene rings is 2. The van der Waals surface area contributed by atoms with Crippen molar-refractivity contribution in [1.29, 1.82) is 0 Å². The van der Waals surface area contributed by atoms with E-state index in [0.29, 0.717) is 17.4 Å². The Morgan fingerprint density at radius 2 is 1.83 bits per heavy atom. The summed E-state index contributed by atoms with van der Waals surface area (Å²) < 4.78 is 11.6. The number of thiazole rings is 1. The van der Waals surface area contributed by atoms with Crippen molar-refractivity contribution >= 4 is 44.4 Å². The van der Waals surface area contributed by atoms with Gasteiger partial charge in [0.2, 0.25) is 5.91 Å². The van der Waals surface area contributed by atoms with E-state index in [1.165, 1.54) is 23.1 Å². The first kappa shape index (κ1) is 22.4. The third-order valence-electron chi connectivity index (χ3n) is 4.53. The fraction of sp³-hybridized carbons (Fsp3) is 0.364. The van der Waals surface area contributed by atoms with Crippen molar-refractivity contribution in [1.82, 2.24) is 9.88 Å². The SMILES string of the molecule is COc1ccc(SCC(=O)N(CCCN(C)C)c2nc3c(OC)cccc3s2)cc1. The maximum absolute atomic E-state index is 13.1. The van der Waals surface area contributed by atoms with Crippen LogP contribution in [-0.4, -0.2) is 62.9 Å². The summed E-state index contributed by atoms with van der Waals surface area (Å²) in [5.41, 5.74) is 0.799. The smallest absolute Gasteiger partial charge is 0.239 e. The molecule has 1 aromatic heterocycles. The molecule has 8 heteroatoms. The van der Waals surface area contributed by atoms with E-state index in [9.17, 15) is 4.79 Å². The van der Waals surface area contributed by atoms with Crippen molar-refractivity contribution in [2.75, 3.05) is 52.1 Å². The molecular formula is C22H27N3O3S2. The van der Waals surface area contributed by atoms with E-state index < -0.39 is 0 Å². The predicted molar refractivity (Wildman–Crippen MR) is 125 cm³/mol. The van der Waals surface area contributed by atoms with Gasteiger partial charge in [-0.25, -0.2) is 4.98 Å². The molecule has 0 aliphatic carbocycles. The Hall–Kier alpha value is -2.29. The van der Waals surface area contributed by atoms with Gasteiger partial charge in [0.1, 0.15) is 17.0 Å². The highest BCUT2D eigenvalue weighted by molar-refractivity contribution is 8.00. The Morgan fingerprint density at radius 1 is 1.07 bits per heavy atom. The number of aromatic nitrogens is 1. The number of ether oxygens (including phenoxy) is 2. The molecule has 0 fully saturated rings. The summed E-state index contributed by atoms with van der Waals surface area (Å²) in [6.45, 7) is 1.53. The van der Waals surface area contributed by atoms with E-state index in [-0.39, 0.29) is 5.91 Å². The number of para-hydroxylation sites is 1. The highest BCUT2D eigenvalue weighted by Gasteiger charge is 2.21. The Labute approximate surface area is 185 Å². The highest BCUT2D eigenvalue weighted by Crippen LogP contribution is 2.34. The van der Waals surface area contributed by atoms with Crippen molar-refractivity contribution in [3.63, 3.8) is 0 Å². The lowest BCUT2D eigenvalue weighted by Gasteiger charge is -2.21. The van der Waals surface area contributed by atoms with Crippen LogP contribution < -0.4 is 14.4 Å². The minimum atomic E-state index is 0.0487. The molecule has 0 aliphatic heterocycles. The maximum Gasteiger partial charge on any atom is 0.239 e. The van der Waals surface area contributed by atoms with Gasteiger partial charge < -0.3 is 14.4 Å². The minimum Gasteiger partial charge on any atom is -0.497 e. The molecule has 0 spiro atoms. The minimum absolute atomic E-state index is 0.0487. The molecule has 0 radical (unpaired) electrons. The molecule has 1 heterocycles. The van der Waals surface area contributed by atoms with Crippen LogP contribution in [-0.2, 0) is 4.79 Å². The first-order valence-corrected chi connectivity index (χ1v) is 11.5. The summed E-state index contributed by atoms with van der Waals surface area (Å²) in [5, 5.41) is 0.716. The molecular weight excluding hydrogens is 418 g/mol. The molecule has 3 rings (SSSR count). The van der Waals surface area contributed by atoms with Crippen LogP contribution in [0.25, 0.3) is 10.2 Å². The van der Waals surface area contributed by atoms with Crippen LogP contribution in [0.4, 0.5) is 5.13 Å². The second-order valence-corrected chi connectivity index (χ2v) is 9.03. The molecule has 0 unspecified atom stereocenters. The second kappa shape index (κ2) is 10.7. The quantitative estimate of drug-likeness (QED) is 0.432. The summed E-state index contributed by atoms with van der Waals surface area (Å²) >= 11 is 3.04. The largest absolute Gasteiger partial charge is 0.497 e. The number of fused-ring (bicyclic) bond motifs is 1. The molecule has 0 aliphatic rings. The first-order chi connectivity index (χ1) is 14.5.